The van der Waals surface area contributed by atoms with Crippen molar-refractivity contribution in [1.29, 1.82) is 0 Å². The number of carbonyl (C=O) groups is 1. The summed E-state index contributed by atoms with van der Waals surface area (Å²) in [7, 11) is -3.85. The van der Waals surface area contributed by atoms with E-state index in [4.69, 9.17) is 11.6 Å². The lowest BCUT2D eigenvalue weighted by Gasteiger charge is -2.40. The molecule has 1 amide bonds. The van der Waals surface area contributed by atoms with Gasteiger partial charge in [-0.15, -0.1) is 0 Å². The van der Waals surface area contributed by atoms with Crippen molar-refractivity contribution in [3.05, 3.63) is 58.1 Å². The van der Waals surface area contributed by atoms with E-state index in [1.807, 2.05) is 0 Å². The lowest BCUT2D eigenvalue weighted by Crippen LogP contribution is -2.45. The first kappa shape index (κ1) is 23.1. The van der Waals surface area contributed by atoms with E-state index in [1.54, 1.807) is 6.92 Å². The lowest BCUT2D eigenvalue weighted by molar-refractivity contribution is -0.0413. The average molecular weight is 484 g/mol. The van der Waals surface area contributed by atoms with E-state index in [1.165, 1.54) is 31.2 Å². The second kappa shape index (κ2) is 8.08. The largest absolute Gasteiger partial charge is 0.390 e. The SMILES string of the molecule is Cc1cc(NC(=O)c2ccc(Cl)c(S(=O)(=O)[C@@H]3CC4CC[C@@H](C3)[C@]4(C)O)c2)cc(F)c1F. The first-order chi connectivity index (χ1) is 14.9. The Morgan fingerprint density at radius 1 is 1.16 bits per heavy atom. The molecule has 0 spiro atoms. The molecule has 9 heteroatoms. The van der Waals surface area contributed by atoms with Crippen LogP contribution in [0, 0.1) is 30.4 Å². The van der Waals surface area contributed by atoms with Crippen LogP contribution in [0.1, 0.15) is 48.5 Å². The van der Waals surface area contributed by atoms with Crippen LogP contribution in [0.4, 0.5) is 14.5 Å². The van der Waals surface area contributed by atoms with Gasteiger partial charge in [0.1, 0.15) is 0 Å². The van der Waals surface area contributed by atoms with Crippen molar-refractivity contribution in [3.63, 3.8) is 0 Å². The highest BCUT2D eigenvalue weighted by Crippen LogP contribution is 2.51. The van der Waals surface area contributed by atoms with E-state index in [-0.39, 0.29) is 38.6 Å². The Kier molecular flexibility index (Phi) is 5.84. The Balaban J connectivity index is 1.61. The number of benzene rings is 2. The molecule has 172 valence electrons. The highest BCUT2D eigenvalue weighted by atomic mass is 35.5. The van der Waals surface area contributed by atoms with Gasteiger partial charge in [0.15, 0.2) is 21.5 Å². The molecule has 2 aliphatic carbocycles. The van der Waals surface area contributed by atoms with Crippen molar-refractivity contribution in [2.45, 2.75) is 55.3 Å². The minimum Gasteiger partial charge on any atom is -0.390 e. The van der Waals surface area contributed by atoms with Crippen LogP contribution in [0.15, 0.2) is 35.2 Å². The molecule has 4 atom stereocenters. The van der Waals surface area contributed by atoms with E-state index in [9.17, 15) is 27.1 Å². The Bertz CT molecular complexity index is 1160. The van der Waals surface area contributed by atoms with Crippen LogP contribution in [0.3, 0.4) is 0 Å². The van der Waals surface area contributed by atoms with Crippen molar-refractivity contribution in [2.75, 3.05) is 5.32 Å². The number of amides is 1. The molecule has 4 rings (SSSR count). The monoisotopic (exact) mass is 483 g/mol. The number of aliphatic hydroxyl groups is 1. The van der Waals surface area contributed by atoms with Crippen molar-refractivity contribution < 1.29 is 27.1 Å². The molecule has 0 heterocycles. The Hall–Kier alpha value is -2.03. The van der Waals surface area contributed by atoms with Gasteiger partial charge < -0.3 is 10.4 Å². The van der Waals surface area contributed by atoms with Gasteiger partial charge in [0.25, 0.3) is 5.91 Å². The molecule has 2 fully saturated rings. The minimum atomic E-state index is -3.85. The number of aryl methyl sites for hydroxylation is 1. The summed E-state index contributed by atoms with van der Waals surface area (Å²) in [6.07, 6.45) is 2.25. The summed E-state index contributed by atoms with van der Waals surface area (Å²) in [5, 5.41) is 12.5. The van der Waals surface area contributed by atoms with Crippen LogP contribution in [0.5, 0.6) is 0 Å². The van der Waals surface area contributed by atoms with Gasteiger partial charge in [-0.2, -0.15) is 0 Å². The zero-order valence-corrected chi connectivity index (χ0v) is 19.2. The highest BCUT2D eigenvalue weighted by Gasteiger charge is 2.53. The van der Waals surface area contributed by atoms with Crippen molar-refractivity contribution in [1.82, 2.24) is 0 Å². The van der Waals surface area contributed by atoms with E-state index < -0.39 is 38.2 Å². The summed E-state index contributed by atoms with van der Waals surface area (Å²) in [5.74, 6) is -2.95. The van der Waals surface area contributed by atoms with Crippen LogP contribution < -0.4 is 5.32 Å². The average Bonchev–Trinajstić information content (AvgIpc) is 2.88. The number of sulfone groups is 1. The van der Waals surface area contributed by atoms with Crippen LogP contribution in [0.25, 0.3) is 0 Å². The predicted molar refractivity (Wildman–Crippen MR) is 118 cm³/mol. The van der Waals surface area contributed by atoms with Crippen LogP contribution >= 0.6 is 11.6 Å². The molecule has 0 radical (unpaired) electrons. The zero-order chi connectivity index (χ0) is 23.4. The fraction of sp³-hybridized carbons (Fsp3) is 0.435. The number of fused-ring (bicyclic) bond motifs is 2. The molecule has 0 saturated heterocycles. The van der Waals surface area contributed by atoms with Gasteiger partial charge in [-0.1, -0.05) is 11.6 Å². The highest BCUT2D eigenvalue weighted by molar-refractivity contribution is 7.92. The lowest BCUT2D eigenvalue weighted by atomic mass is 9.76. The topological polar surface area (TPSA) is 83.5 Å². The van der Waals surface area contributed by atoms with Crippen LogP contribution in [-0.4, -0.2) is 30.3 Å². The van der Waals surface area contributed by atoms with Crippen molar-refractivity contribution in [2.24, 2.45) is 11.8 Å². The molecular formula is C23H24ClF2NO4S. The first-order valence-electron chi connectivity index (χ1n) is 10.4. The zero-order valence-electron chi connectivity index (χ0n) is 17.7. The predicted octanol–water partition coefficient (Wildman–Crippen LogP) is 4.89. The van der Waals surface area contributed by atoms with Crippen molar-refractivity contribution in [3.8, 4) is 0 Å². The Morgan fingerprint density at radius 2 is 1.78 bits per heavy atom. The molecule has 1 unspecified atom stereocenters. The summed E-state index contributed by atoms with van der Waals surface area (Å²) in [6.45, 7) is 3.14. The van der Waals surface area contributed by atoms with Gasteiger partial charge in [0, 0.05) is 17.3 Å². The Labute approximate surface area is 190 Å². The van der Waals surface area contributed by atoms with Crippen molar-refractivity contribution >= 4 is 33.0 Å². The molecule has 2 aromatic rings. The fourth-order valence-corrected chi connectivity index (χ4v) is 7.46. The van der Waals surface area contributed by atoms with E-state index in [0.717, 1.165) is 18.9 Å². The molecule has 5 nitrogen and oxygen atoms in total. The molecule has 0 aromatic heterocycles. The molecule has 2 saturated carbocycles. The molecule has 2 aromatic carbocycles. The smallest absolute Gasteiger partial charge is 0.255 e. The quantitative estimate of drug-likeness (QED) is 0.648. The van der Waals surface area contributed by atoms with E-state index in [0.29, 0.717) is 12.8 Å². The number of nitrogens with one attached hydrogen (secondary N) is 1. The fourth-order valence-electron chi connectivity index (χ4n) is 5.06. The van der Waals surface area contributed by atoms with Gasteiger partial charge in [0.2, 0.25) is 0 Å². The standard InChI is InChI=1S/C23H24ClF2NO4S/c1-12-7-16(11-19(25)21(12)26)27-22(28)13-3-6-18(24)20(8-13)32(30,31)17-9-14-4-5-15(10-17)23(14,2)29/h3,6-8,11,14-15,17,29H,4-5,9-10H2,1-2H3,(H,27,28)/t14-,15?,17-,23-/m0/s1. The normalized spacial score (nSPS) is 27.4. The number of anilines is 1. The third-order valence-electron chi connectivity index (χ3n) is 7.02. The molecule has 32 heavy (non-hydrogen) atoms. The van der Waals surface area contributed by atoms with Gasteiger partial charge in [-0.25, -0.2) is 17.2 Å². The minimum absolute atomic E-state index is 0.00917. The van der Waals surface area contributed by atoms with Gasteiger partial charge >= 0.3 is 0 Å². The maximum Gasteiger partial charge on any atom is 0.255 e. The van der Waals surface area contributed by atoms with Crippen LogP contribution in [-0.2, 0) is 9.84 Å². The second-order valence-electron chi connectivity index (χ2n) is 9.02. The van der Waals surface area contributed by atoms with E-state index >= 15 is 0 Å². The molecule has 2 aliphatic rings. The molecule has 2 bridgehead atoms. The maximum absolute atomic E-state index is 13.7. The number of rotatable bonds is 4. The number of carbonyl (C=O) groups excluding carboxylic acids is 1. The summed E-state index contributed by atoms with van der Waals surface area (Å²) in [4.78, 5) is 12.5. The summed E-state index contributed by atoms with van der Waals surface area (Å²) in [6, 6.07) is 6.08. The molecule has 0 aliphatic heterocycles. The summed E-state index contributed by atoms with van der Waals surface area (Å²) >= 11 is 6.22. The molecular weight excluding hydrogens is 460 g/mol. The first-order valence-corrected chi connectivity index (χ1v) is 12.4. The maximum atomic E-state index is 13.7. The second-order valence-corrected chi connectivity index (χ2v) is 11.6. The van der Waals surface area contributed by atoms with Gasteiger partial charge in [-0.3, -0.25) is 4.79 Å². The van der Waals surface area contributed by atoms with Gasteiger partial charge in [-0.05, 0) is 81.2 Å². The number of hydrogen-bond donors (Lipinski definition) is 2. The Morgan fingerprint density at radius 3 is 2.38 bits per heavy atom. The number of halogens is 3. The third-order valence-corrected chi connectivity index (χ3v) is 9.67. The van der Waals surface area contributed by atoms with Gasteiger partial charge in [0.05, 0.1) is 20.8 Å². The molecule has 2 N–H and O–H groups in total. The van der Waals surface area contributed by atoms with Crippen LogP contribution in [0.2, 0.25) is 5.02 Å². The number of hydrogen-bond acceptors (Lipinski definition) is 4. The third kappa shape index (κ3) is 3.93. The summed E-state index contributed by atoms with van der Waals surface area (Å²) < 4.78 is 54.0. The van der Waals surface area contributed by atoms with E-state index in [2.05, 4.69) is 5.32 Å². The summed E-state index contributed by atoms with van der Waals surface area (Å²) in [5.41, 5.74) is -0.749.